The number of oxime groups is 1. The second kappa shape index (κ2) is 6.28. The van der Waals surface area contributed by atoms with Crippen molar-refractivity contribution in [1.29, 1.82) is 0 Å². The molecule has 3 rings (SSSR count). The van der Waals surface area contributed by atoms with E-state index >= 15 is 0 Å². The van der Waals surface area contributed by atoms with Crippen LogP contribution in [0.3, 0.4) is 0 Å². The Labute approximate surface area is 129 Å². The van der Waals surface area contributed by atoms with Crippen molar-refractivity contribution in [3.8, 4) is 0 Å². The minimum Gasteiger partial charge on any atom is -0.411 e. The van der Waals surface area contributed by atoms with Crippen molar-refractivity contribution < 1.29 is 14.0 Å². The zero-order valence-corrected chi connectivity index (χ0v) is 12.6. The fourth-order valence-corrected chi connectivity index (χ4v) is 3.69. The predicted molar refractivity (Wildman–Crippen MR) is 79.2 cm³/mol. The summed E-state index contributed by atoms with van der Waals surface area (Å²) in [6.07, 6.45) is 4.01. The first-order valence-corrected chi connectivity index (χ1v) is 6.99. The minimum absolute atomic E-state index is 0. The first-order chi connectivity index (χ1) is 9.60. The summed E-state index contributed by atoms with van der Waals surface area (Å²) in [7, 11) is 2.12. The van der Waals surface area contributed by atoms with Crippen LogP contribution in [0, 0.1) is 17.6 Å². The highest BCUT2D eigenvalue weighted by atomic mass is 35.5. The molecule has 3 nitrogen and oxygen atoms in total. The van der Waals surface area contributed by atoms with E-state index in [1.165, 1.54) is 12.1 Å². The predicted octanol–water partition coefficient (Wildman–Crippen LogP) is 3.44. The van der Waals surface area contributed by atoms with Crippen molar-refractivity contribution in [2.45, 2.75) is 37.8 Å². The van der Waals surface area contributed by atoms with Gasteiger partial charge in [0.15, 0.2) is 0 Å². The van der Waals surface area contributed by atoms with Crippen LogP contribution in [0.2, 0.25) is 0 Å². The molecule has 1 aromatic carbocycles. The highest BCUT2D eigenvalue weighted by Gasteiger charge is 2.40. The first kappa shape index (κ1) is 16.2. The van der Waals surface area contributed by atoms with Crippen LogP contribution in [0.1, 0.15) is 31.2 Å². The Hall–Kier alpha value is -1.20. The van der Waals surface area contributed by atoms with Crippen molar-refractivity contribution in [1.82, 2.24) is 4.90 Å². The van der Waals surface area contributed by atoms with Crippen molar-refractivity contribution >= 4 is 18.1 Å². The second-order valence-corrected chi connectivity index (χ2v) is 5.83. The van der Waals surface area contributed by atoms with Crippen LogP contribution in [0.25, 0.3) is 0 Å². The SMILES string of the molecule is CN1C2CCC1CC(/C(=N\O)c1ccc(F)cc1F)C2.Cl. The number of halogens is 3. The van der Waals surface area contributed by atoms with Crippen molar-refractivity contribution in [3.05, 3.63) is 35.4 Å². The molecule has 2 unspecified atom stereocenters. The molecule has 2 bridgehead atoms. The quantitative estimate of drug-likeness (QED) is 0.515. The van der Waals surface area contributed by atoms with Crippen LogP contribution in [-0.4, -0.2) is 35.0 Å². The molecule has 1 N–H and O–H groups in total. The highest BCUT2D eigenvalue weighted by Crippen LogP contribution is 2.39. The maximum Gasteiger partial charge on any atom is 0.135 e. The number of benzene rings is 1. The molecule has 1 aromatic rings. The molecule has 2 saturated heterocycles. The molecule has 21 heavy (non-hydrogen) atoms. The summed E-state index contributed by atoms with van der Waals surface area (Å²) < 4.78 is 26.9. The molecule has 2 atom stereocenters. The summed E-state index contributed by atoms with van der Waals surface area (Å²) in [5, 5.41) is 12.6. The van der Waals surface area contributed by atoms with Gasteiger partial charge in [-0.2, -0.15) is 0 Å². The average molecular weight is 317 g/mol. The van der Waals surface area contributed by atoms with Crippen LogP contribution in [-0.2, 0) is 0 Å². The third-order valence-corrected chi connectivity index (χ3v) is 4.80. The van der Waals surface area contributed by atoms with Gasteiger partial charge >= 0.3 is 0 Å². The zero-order valence-electron chi connectivity index (χ0n) is 11.8. The van der Waals surface area contributed by atoms with E-state index < -0.39 is 11.6 Å². The summed E-state index contributed by atoms with van der Waals surface area (Å²) in [5.74, 6) is -1.25. The van der Waals surface area contributed by atoms with E-state index in [9.17, 15) is 14.0 Å². The smallest absolute Gasteiger partial charge is 0.135 e. The van der Waals surface area contributed by atoms with Gasteiger partial charge in [0.1, 0.15) is 11.6 Å². The second-order valence-electron chi connectivity index (χ2n) is 5.83. The van der Waals surface area contributed by atoms with Gasteiger partial charge in [0.25, 0.3) is 0 Å². The van der Waals surface area contributed by atoms with Gasteiger partial charge in [0, 0.05) is 29.6 Å². The lowest BCUT2D eigenvalue weighted by atomic mass is 9.84. The van der Waals surface area contributed by atoms with Crippen molar-refractivity contribution in [3.63, 3.8) is 0 Å². The molecular weight excluding hydrogens is 298 g/mol. The third kappa shape index (κ3) is 2.90. The Morgan fingerprint density at radius 2 is 1.86 bits per heavy atom. The van der Waals surface area contributed by atoms with E-state index in [2.05, 4.69) is 17.1 Å². The largest absolute Gasteiger partial charge is 0.411 e. The lowest BCUT2D eigenvalue weighted by Crippen LogP contribution is -2.42. The fraction of sp³-hybridized carbons (Fsp3) is 0.533. The summed E-state index contributed by atoms with van der Waals surface area (Å²) in [5.41, 5.74) is 0.565. The Morgan fingerprint density at radius 1 is 1.24 bits per heavy atom. The van der Waals surface area contributed by atoms with Crippen LogP contribution in [0.4, 0.5) is 8.78 Å². The average Bonchev–Trinajstić information content (AvgIpc) is 2.64. The van der Waals surface area contributed by atoms with E-state index in [0.717, 1.165) is 31.7 Å². The lowest BCUT2D eigenvalue weighted by Gasteiger charge is -2.36. The van der Waals surface area contributed by atoms with Gasteiger partial charge < -0.3 is 10.1 Å². The molecule has 0 saturated carbocycles. The maximum absolute atomic E-state index is 13.9. The molecule has 2 heterocycles. The van der Waals surface area contributed by atoms with Crippen LogP contribution in [0.5, 0.6) is 0 Å². The molecule has 2 fully saturated rings. The van der Waals surface area contributed by atoms with E-state index in [0.29, 0.717) is 17.8 Å². The zero-order chi connectivity index (χ0) is 14.3. The molecule has 116 valence electrons. The van der Waals surface area contributed by atoms with E-state index in [1.807, 2.05) is 0 Å². The Bertz CT molecular complexity index is 538. The fourth-order valence-electron chi connectivity index (χ4n) is 3.69. The van der Waals surface area contributed by atoms with Gasteiger partial charge in [-0.25, -0.2) is 8.78 Å². The number of piperidine rings is 1. The van der Waals surface area contributed by atoms with Gasteiger partial charge in [-0.05, 0) is 44.9 Å². The van der Waals surface area contributed by atoms with Crippen LogP contribution >= 0.6 is 12.4 Å². The molecule has 0 aliphatic carbocycles. The summed E-state index contributed by atoms with van der Waals surface area (Å²) >= 11 is 0. The first-order valence-electron chi connectivity index (χ1n) is 6.99. The number of rotatable bonds is 2. The monoisotopic (exact) mass is 316 g/mol. The van der Waals surface area contributed by atoms with Gasteiger partial charge in [-0.1, -0.05) is 5.16 Å². The normalized spacial score (nSPS) is 29.3. The number of hydrogen-bond donors (Lipinski definition) is 1. The Kier molecular flexibility index (Phi) is 4.84. The van der Waals surface area contributed by atoms with E-state index in [1.54, 1.807) is 0 Å². The summed E-state index contributed by atoms with van der Waals surface area (Å²) in [6, 6.07) is 4.34. The van der Waals surface area contributed by atoms with Gasteiger partial charge in [0.05, 0.1) is 5.71 Å². The molecule has 0 aromatic heterocycles. The summed E-state index contributed by atoms with van der Waals surface area (Å²) in [6.45, 7) is 0. The molecular formula is C15H19ClF2N2O. The molecule has 6 heteroatoms. The third-order valence-electron chi connectivity index (χ3n) is 4.80. The topological polar surface area (TPSA) is 35.8 Å². The van der Waals surface area contributed by atoms with Gasteiger partial charge in [-0.3, -0.25) is 0 Å². The van der Waals surface area contributed by atoms with Gasteiger partial charge in [0.2, 0.25) is 0 Å². The molecule has 0 radical (unpaired) electrons. The molecule has 2 aliphatic heterocycles. The molecule has 0 amide bonds. The highest BCUT2D eigenvalue weighted by molar-refractivity contribution is 6.02. The lowest BCUT2D eigenvalue weighted by molar-refractivity contribution is 0.156. The molecule has 0 spiro atoms. The number of fused-ring (bicyclic) bond motifs is 2. The van der Waals surface area contributed by atoms with Crippen LogP contribution < -0.4 is 0 Å². The van der Waals surface area contributed by atoms with Gasteiger partial charge in [-0.15, -0.1) is 12.4 Å². The van der Waals surface area contributed by atoms with Crippen molar-refractivity contribution in [2.75, 3.05) is 7.05 Å². The number of hydrogen-bond acceptors (Lipinski definition) is 3. The van der Waals surface area contributed by atoms with Crippen LogP contribution in [0.15, 0.2) is 23.4 Å². The summed E-state index contributed by atoms with van der Waals surface area (Å²) in [4.78, 5) is 2.37. The minimum atomic E-state index is -0.663. The standard InChI is InChI=1S/C15H18F2N2O.ClH/c1-19-11-3-4-12(19)7-9(6-11)15(18-20)13-5-2-10(16)8-14(13)17;/h2,5,8-9,11-12,20H,3-4,6-7H2,1H3;1H/b18-15+;. The van der Waals surface area contributed by atoms with E-state index in [4.69, 9.17) is 0 Å². The molecule has 2 aliphatic rings. The number of nitrogens with zero attached hydrogens (tertiary/aromatic N) is 2. The Morgan fingerprint density at radius 3 is 2.38 bits per heavy atom. The van der Waals surface area contributed by atoms with Crippen molar-refractivity contribution in [2.24, 2.45) is 11.1 Å². The Balaban J connectivity index is 0.00000161. The maximum atomic E-state index is 13.9. The van der Waals surface area contributed by atoms with E-state index in [-0.39, 0.29) is 23.9 Å².